The Hall–Kier alpha value is -0.870. The van der Waals surface area contributed by atoms with Gasteiger partial charge in [0.25, 0.3) is 0 Å². The summed E-state index contributed by atoms with van der Waals surface area (Å²) in [5.74, 6) is 0. The van der Waals surface area contributed by atoms with Crippen molar-refractivity contribution in [3.8, 4) is 0 Å². The van der Waals surface area contributed by atoms with Gasteiger partial charge in [-0.1, -0.05) is 0 Å². The summed E-state index contributed by atoms with van der Waals surface area (Å²) in [6, 6.07) is 4.08. The highest BCUT2D eigenvalue weighted by molar-refractivity contribution is 9.10. The van der Waals surface area contributed by atoms with Gasteiger partial charge in [-0.05, 0) is 54.0 Å². The molecule has 0 unspecified atom stereocenters. The number of rotatable bonds is 3. The molecule has 0 aliphatic carbocycles. The molecule has 1 aliphatic heterocycles. The first kappa shape index (κ1) is 11.2. The smallest absolute Gasteiger partial charge is 0.137 e. The van der Waals surface area contributed by atoms with Crippen molar-refractivity contribution in [3.63, 3.8) is 0 Å². The molecule has 3 nitrogen and oxygen atoms in total. The molecule has 0 N–H and O–H groups in total. The van der Waals surface area contributed by atoms with Crippen LogP contribution in [-0.4, -0.2) is 33.9 Å². The Morgan fingerprint density at radius 3 is 2.82 bits per heavy atom. The summed E-state index contributed by atoms with van der Waals surface area (Å²) in [5, 5.41) is 0. The highest BCUT2D eigenvalue weighted by Gasteiger charge is 2.11. The molecule has 1 saturated heterocycles. The van der Waals surface area contributed by atoms with Gasteiger partial charge < -0.3 is 9.30 Å². The number of pyridine rings is 1. The van der Waals surface area contributed by atoms with Crippen molar-refractivity contribution in [3.05, 3.63) is 34.7 Å². The summed E-state index contributed by atoms with van der Waals surface area (Å²) >= 11 is 3.48. The quantitative estimate of drug-likeness (QED) is 0.867. The maximum absolute atomic E-state index is 4.63. The fraction of sp³-hybridized carbons (Fsp3) is 0.462. The summed E-state index contributed by atoms with van der Waals surface area (Å²) < 4.78 is 3.18. The van der Waals surface area contributed by atoms with Crippen LogP contribution in [-0.2, 0) is 6.42 Å². The third kappa shape index (κ3) is 2.53. The molecular formula is C13H16BrN3. The minimum Gasteiger partial charge on any atom is -0.306 e. The van der Waals surface area contributed by atoms with Crippen molar-refractivity contribution in [2.45, 2.75) is 19.3 Å². The monoisotopic (exact) mass is 293 g/mol. The minimum atomic E-state index is 1.03. The van der Waals surface area contributed by atoms with Crippen molar-refractivity contribution < 1.29 is 0 Å². The Labute approximate surface area is 110 Å². The number of aromatic nitrogens is 2. The maximum Gasteiger partial charge on any atom is 0.137 e. The third-order valence-electron chi connectivity index (χ3n) is 3.35. The van der Waals surface area contributed by atoms with E-state index in [-0.39, 0.29) is 0 Å². The van der Waals surface area contributed by atoms with Crippen LogP contribution < -0.4 is 0 Å². The highest BCUT2D eigenvalue weighted by Crippen LogP contribution is 2.13. The van der Waals surface area contributed by atoms with E-state index in [2.05, 4.69) is 42.6 Å². The van der Waals surface area contributed by atoms with Crippen molar-refractivity contribution in [1.82, 2.24) is 14.3 Å². The first-order valence-corrected chi connectivity index (χ1v) is 6.96. The molecule has 1 aliphatic rings. The molecule has 0 aromatic carbocycles. The summed E-state index contributed by atoms with van der Waals surface area (Å²) in [5.41, 5.74) is 2.22. The molecule has 3 heterocycles. The van der Waals surface area contributed by atoms with Crippen molar-refractivity contribution in [2.75, 3.05) is 19.6 Å². The fourth-order valence-electron chi connectivity index (χ4n) is 2.42. The summed E-state index contributed by atoms with van der Waals surface area (Å²) in [6.07, 6.45) is 7.97. The van der Waals surface area contributed by atoms with E-state index < -0.39 is 0 Å². The molecule has 0 spiro atoms. The lowest BCUT2D eigenvalue weighted by Gasteiger charge is -2.12. The van der Waals surface area contributed by atoms with Crippen LogP contribution in [0.3, 0.4) is 0 Å². The van der Waals surface area contributed by atoms with E-state index >= 15 is 0 Å². The Morgan fingerprint density at radius 1 is 1.18 bits per heavy atom. The van der Waals surface area contributed by atoms with Crippen molar-refractivity contribution >= 4 is 21.6 Å². The summed E-state index contributed by atoms with van der Waals surface area (Å²) in [4.78, 5) is 7.16. The van der Waals surface area contributed by atoms with E-state index in [0.717, 1.165) is 23.1 Å². The van der Waals surface area contributed by atoms with Crippen LogP contribution in [0.2, 0.25) is 0 Å². The largest absolute Gasteiger partial charge is 0.306 e. The lowest BCUT2D eigenvalue weighted by atomic mass is 10.3. The second-order valence-electron chi connectivity index (χ2n) is 4.64. The van der Waals surface area contributed by atoms with Crippen molar-refractivity contribution in [1.29, 1.82) is 0 Å². The van der Waals surface area contributed by atoms with Crippen LogP contribution in [0.25, 0.3) is 5.65 Å². The molecule has 2 aromatic heterocycles. The second kappa shape index (κ2) is 4.78. The number of nitrogens with zero attached hydrogens (tertiary/aromatic N) is 3. The van der Waals surface area contributed by atoms with E-state index in [1.165, 1.54) is 31.6 Å². The molecule has 0 amide bonds. The predicted octanol–water partition coefficient (Wildman–Crippen LogP) is 2.74. The van der Waals surface area contributed by atoms with Crippen LogP contribution in [0.1, 0.15) is 18.5 Å². The predicted molar refractivity (Wildman–Crippen MR) is 72.3 cm³/mol. The molecule has 0 radical (unpaired) electrons. The van der Waals surface area contributed by atoms with E-state index in [1.807, 2.05) is 12.1 Å². The third-order valence-corrected chi connectivity index (χ3v) is 3.82. The molecule has 0 saturated carbocycles. The first-order chi connectivity index (χ1) is 8.31. The van der Waals surface area contributed by atoms with Crippen LogP contribution in [0, 0.1) is 0 Å². The van der Waals surface area contributed by atoms with Crippen LogP contribution in [0.15, 0.2) is 29.0 Å². The summed E-state index contributed by atoms with van der Waals surface area (Å²) in [7, 11) is 0. The van der Waals surface area contributed by atoms with E-state index in [9.17, 15) is 0 Å². The van der Waals surface area contributed by atoms with Gasteiger partial charge in [0, 0.05) is 29.8 Å². The normalized spacial score (nSPS) is 17.0. The van der Waals surface area contributed by atoms with E-state index in [1.54, 1.807) is 0 Å². The molecule has 4 heteroatoms. The lowest BCUT2D eigenvalue weighted by Crippen LogP contribution is -2.21. The Balaban J connectivity index is 1.72. The van der Waals surface area contributed by atoms with Gasteiger partial charge in [0.05, 0.1) is 5.69 Å². The van der Waals surface area contributed by atoms with Gasteiger partial charge in [-0.25, -0.2) is 4.98 Å². The molecule has 1 fully saturated rings. The van der Waals surface area contributed by atoms with Crippen LogP contribution in [0.5, 0.6) is 0 Å². The Kier molecular flexibility index (Phi) is 3.16. The zero-order chi connectivity index (χ0) is 11.7. The average Bonchev–Trinajstić information content (AvgIpc) is 2.94. The van der Waals surface area contributed by atoms with Gasteiger partial charge >= 0.3 is 0 Å². The molecule has 90 valence electrons. The fourth-order valence-corrected chi connectivity index (χ4v) is 2.77. The number of hydrogen-bond acceptors (Lipinski definition) is 2. The second-order valence-corrected chi connectivity index (χ2v) is 5.56. The Morgan fingerprint density at radius 2 is 2.00 bits per heavy atom. The minimum absolute atomic E-state index is 1.03. The number of hydrogen-bond donors (Lipinski definition) is 0. The average molecular weight is 294 g/mol. The first-order valence-electron chi connectivity index (χ1n) is 6.17. The van der Waals surface area contributed by atoms with E-state index in [0.29, 0.717) is 0 Å². The van der Waals surface area contributed by atoms with Gasteiger partial charge in [-0.3, -0.25) is 0 Å². The summed E-state index contributed by atoms with van der Waals surface area (Å²) in [6.45, 7) is 3.67. The number of halogens is 1. The highest BCUT2D eigenvalue weighted by atomic mass is 79.9. The van der Waals surface area contributed by atoms with Crippen LogP contribution in [0.4, 0.5) is 0 Å². The number of fused-ring (bicyclic) bond motifs is 1. The SMILES string of the molecule is Brc1ccc2nc(CCN3CCCC3)cn2c1. The lowest BCUT2D eigenvalue weighted by molar-refractivity contribution is 0.342. The number of imidazole rings is 1. The molecular weight excluding hydrogens is 278 g/mol. The molecule has 0 atom stereocenters. The number of likely N-dealkylation sites (tertiary alicyclic amines) is 1. The molecule has 3 rings (SSSR count). The van der Waals surface area contributed by atoms with Crippen molar-refractivity contribution in [2.24, 2.45) is 0 Å². The molecule has 2 aromatic rings. The van der Waals surface area contributed by atoms with Gasteiger partial charge in [-0.15, -0.1) is 0 Å². The molecule has 0 bridgehead atoms. The maximum atomic E-state index is 4.63. The van der Waals surface area contributed by atoms with Gasteiger partial charge in [0.15, 0.2) is 0 Å². The Bertz CT molecular complexity index is 514. The standard InChI is InChI=1S/C13H16BrN3/c14-11-3-4-13-15-12(10-17(13)9-11)5-8-16-6-1-2-7-16/h3-4,9-10H,1-2,5-8H2. The molecule has 17 heavy (non-hydrogen) atoms. The topological polar surface area (TPSA) is 20.5 Å². The van der Waals surface area contributed by atoms with E-state index in [4.69, 9.17) is 0 Å². The zero-order valence-corrected chi connectivity index (χ0v) is 11.4. The van der Waals surface area contributed by atoms with Gasteiger partial charge in [0.1, 0.15) is 5.65 Å². The van der Waals surface area contributed by atoms with Gasteiger partial charge in [-0.2, -0.15) is 0 Å². The van der Waals surface area contributed by atoms with Gasteiger partial charge in [0.2, 0.25) is 0 Å². The zero-order valence-electron chi connectivity index (χ0n) is 9.77. The van der Waals surface area contributed by atoms with Crippen LogP contribution >= 0.6 is 15.9 Å².